The molecule has 0 bridgehead atoms. The summed E-state index contributed by atoms with van der Waals surface area (Å²) in [5.41, 5.74) is -0.563. The van der Waals surface area contributed by atoms with Crippen molar-refractivity contribution in [1.82, 2.24) is 10.2 Å². The summed E-state index contributed by atoms with van der Waals surface area (Å²) in [5, 5.41) is 11.3. The standard InChI is InChI=1S/C13H23N3O/c1-13(2)12(17)15-8-9-16(13)11(14)10-6-4-3-5-7-10/h10,14H,3-9H2,1-2H3,(H,15,17). The molecule has 1 aliphatic carbocycles. The van der Waals surface area contributed by atoms with E-state index < -0.39 is 5.54 Å². The first-order valence-corrected chi connectivity index (χ1v) is 6.68. The fourth-order valence-corrected chi connectivity index (χ4v) is 2.92. The van der Waals surface area contributed by atoms with Crippen molar-refractivity contribution in [2.45, 2.75) is 51.5 Å². The molecule has 2 N–H and O–H groups in total. The minimum absolute atomic E-state index is 0.0457. The Morgan fingerprint density at radius 2 is 2.00 bits per heavy atom. The first-order valence-electron chi connectivity index (χ1n) is 6.68. The Hall–Kier alpha value is -1.06. The predicted molar refractivity (Wildman–Crippen MR) is 68.1 cm³/mol. The van der Waals surface area contributed by atoms with Crippen molar-refractivity contribution in [1.29, 1.82) is 5.41 Å². The second-order valence-electron chi connectivity index (χ2n) is 5.69. The third-order valence-corrected chi connectivity index (χ3v) is 4.13. The molecule has 0 spiro atoms. The molecule has 1 aliphatic heterocycles. The lowest BCUT2D eigenvalue weighted by Gasteiger charge is -2.45. The number of carbonyl (C=O) groups is 1. The van der Waals surface area contributed by atoms with Crippen molar-refractivity contribution in [3.63, 3.8) is 0 Å². The van der Waals surface area contributed by atoms with Crippen molar-refractivity contribution in [2.24, 2.45) is 5.92 Å². The number of carbonyl (C=O) groups excluding carboxylic acids is 1. The monoisotopic (exact) mass is 237 g/mol. The molecule has 0 aromatic rings. The van der Waals surface area contributed by atoms with Crippen LogP contribution in [0.25, 0.3) is 0 Å². The number of nitrogens with zero attached hydrogens (tertiary/aromatic N) is 1. The van der Waals surface area contributed by atoms with Gasteiger partial charge < -0.3 is 10.2 Å². The Balaban J connectivity index is 2.09. The summed E-state index contributed by atoms with van der Waals surface area (Å²) >= 11 is 0. The van der Waals surface area contributed by atoms with Gasteiger partial charge in [0.2, 0.25) is 5.91 Å². The van der Waals surface area contributed by atoms with E-state index in [1.54, 1.807) is 0 Å². The summed E-state index contributed by atoms with van der Waals surface area (Å²) < 4.78 is 0. The van der Waals surface area contributed by atoms with Crippen LogP contribution in [0.3, 0.4) is 0 Å². The van der Waals surface area contributed by atoms with E-state index in [0.29, 0.717) is 18.3 Å². The van der Waals surface area contributed by atoms with Crippen LogP contribution in [0.2, 0.25) is 0 Å². The van der Waals surface area contributed by atoms with E-state index in [1.807, 2.05) is 18.7 Å². The van der Waals surface area contributed by atoms with Crippen LogP contribution in [0.1, 0.15) is 46.0 Å². The molecule has 4 heteroatoms. The highest BCUT2D eigenvalue weighted by Crippen LogP contribution is 2.29. The van der Waals surface area contributed by atoms with Gasteiger partial charge in [0.25, 0.3) is 0 Å². The Morgan fingerprint density at radius 3 is 2.65 bits per heavy atom. The average Bonchev–Trinajstić information content (AvgIpc) is 2.33. The fourth-order valence-electron chi connectivity index (χ4n) is 2.92. The van der Waals surface area contributed by atoms with Gasteiger partial charge in [0, 0.05) is 19.0 Å². The summed E-state index contributed by atoms with van der Waals surface area (Å²) in [5.74, 6) is 1.10. The van der Waals surface area contributed by atoms with Crippen molar-refractivity contribution in [3.8, 4) is 0 Å². The second kappa shape index (κ2) is 4.67. The summed E-state index contributed by atoms with van der Waals surface area (Å²) in [7, 11) is 0. The molecule has 0 radical (unpaired) electrons. The van der Waals surface area contributed by atoms with Crippen molar-refractivity contribution < 1.29 is 4.79 Å². The number of rotatable bonds is 1. The average molecular weight is 237 g/mol. The first kappa shape index (κ1) is 12.4. The van der Waals surface area contributed by atoms with Gasteiger partial charge in [-0.3, -0.25) is 10.2 Å². The number of nitrogens with one attached hydrogen (secondary N) is 2. The molecule has 0 aromatic carbocycles. The molecule has 1 saturated heterocycles. The lowest BCUT2D eigenvalue weighted by Crippen LogP contribution is -2.64. The van der Waals surface area contributed by atoms with Gasteiger partial charge in [0.05, 0.1) is 5.84 Å². The zero-order valence-corrected chi connectivity index (χ0v) is 10.9. The molecule has 1 heterocycles. The quantitative estimate of drug-likeness (QED) is 0.539. The predicted octanol–water partition coefficient (Wildman–Crippen LogP) is 1.75. The molecule has 4 nitrogen and oxygen atoms in total. The van der Waals surface area contributed by atoms with Crippen LogP contribution in [0.5, 0.6) is 0 Å². The van der Waals surface area contributed by atoms with Gasteiger partial charge in [-0.05, 0) is 26.7 Å². The van der Waals surface area contributed by atoms with Gasteiger partial charge in [-0.2, -0.15) is 0 Å². The highest BCUT2D eigenvalue weighted by Gasteiger charge is 2.40. The van der Waals surface area contributed by atoms with Crippen LogP contribution >= 0.6 is 0 Å². The summed E-state index contributed by atoms with van der Waals surface area (Å²) in [6.45, 7) is 5.27. The normalized spacial score (nSPS) is 25.5. The molecule has 2 aliphatic rings. The van der Waals surface area contributed by atoms with Crippen molar-refractivity contribution >= 4 is 11.7 Å². The summed E-state index contributed by atoms with van der Waals surface area (Å²) in [4.78, 5) is 13.9. The van der Waals surface area contributed by atoms with Crippen molar-refractivity contribution in [3.05, 3.63) is 0 Å². The van der Waals surface area contributed by atoms with Gasteiger partial charge >= 0.3 is 0 Å². The van der Waals surface area contributed by atoms with E-state index in [1.165, 1.54) is 19.3 Å². The van der Waals surface area contributed by atoms with E-state index in [2.05, 4.69) is 5.32 Å². The van der Waals surface area contributed by atoms with Crippen LogP contribution in [-0.4, -0.2) is 35.3 Å². The van der Waals surface area contributed by atoms with Crippen LogP contribution in [0.4, 0.5) is 0 Å². The molecule has 0 aromatic heterocycles. The highest BCUT2D eigenvalue weighted by molar-refractivity contribution is 5.93. The fraction of sp³-hybridized carbons (Fsp3) is 0.846. The minimum Gasteiger partial charge on any atom is -0.352 e. The largest absolute Gasteiger partial charge is 0.352 e. The number of hydrogen-bond donors (Lipinski definition) is 2. The number of hydrogen-bond acceptors (Lipinski definition) is 2. The third-order valence-electron chi connectivity index (χ3n) is 4.13. The lowest BCUT2D eigenvalue weighted by molar-refractivity contribution is -0.132. The summed E-state index contributed by atoms with van der Waals surface area (Å²) in [6.07, 6.45) is 5.99. The molecule has 2 fully saturated rings. The number of piperazine rings is 1. The molecule has 2 rings (SSSR count). The van der Waals surface area contributed by atoms with E-state index in [4.69, 9.17) is 5.41 Å². The first-order chi connectivity index (χ1) is 8.03. The van der Waals surface area contributed by atoms with E-state index in [-0.39, 0.29) is 5.91 Å². The zero-order chi connectivity index (χ0) is 12.5. The Kier molecular flexibility index (Phi) is 3.40. The van der Waals surface area contributed by atoms with Gasteiger partial charge in [0.15, 0.2) is 0 Å². The van der Waals surface area contributed by atoms with Crippen molar-refractivity contribution in [2.75, 3.05) is 13.1 Å². The van der Waals surface area contributed by atoms with Gasteiger partial charge in [0.1, 0.15) is 5.54 Å². The smallest absolute Gasteiger partial charge is 0.245 e. The Bertz CT molecular complexity index is 319. The molecule has 0 atom stereocenters. The molecule has 96 valence electrons. The van der Waals surface area contributed by atoms with Crippen LogP contribution < -0.4 is 5.32 Å². The third kappa shape index (κ3) is 2.31. The number of amidine groups is 1. The molecule has 17 heavy (non-hydrogen) atoms. The number of amides is 1. The lowest BCUT2D eigenvalue weighted by atomic mass is 9.86. The van der Waals surface area contributed by atoms with Crippen LogP contribution in [0.15, 0.2) is 0 Å². The Labute approximate surface area is 103 Å². The van der Waals surface area contributed by atoms with Gasteiger partial charge in [-0.25, -0.2) is 0 Å². The maximum absolute atomic E-state index is 11.9. The molecule has 0 unspecified atom stereocenters. The van der Waals surface area contributed by atoms with E-state index in [9.17, 15) is 4.79 Å². The Morgan fingerprint density at radius 1 is 1.35 bits per heavy atom. The van der Waals surface area contributed by atoms with Crippen LogP contribution in [0, 0.1) is 11.3 Å². The SMILES string of the molecule is CC1(C)C(=O)NCCN1C(=N)C1CCCCC1. The maximum Gasteiger partial charge on any atom is 0.245 e. The summed E-state index contributed by atoms with van der Waals surface area (Å²) in [6, 6.07) is 0. The molecule has 1 amide bonds. The van der Waals surface area contributed by atoms with Gasteiger partial charge in [-0.15, -0.1) is 0 Å². The second-order valence-corrected chi connectivity index (χ2v) is 5.69. The van der Waals surface area contributed by atoms with Crippen LogP contribution in [-0.2, 0) is 4.79 Å². The molecular formula is C13H23N3O. The maximum atomic E-state index is 11.9. The minimum atomic E-state index is -0.563. The molecule has 1 saturated carbocycles. The highest BCUT2D eigenvalue weighted by atomic mass is 16.2. The molecular weight excluding hydrogens is 214 g/mol. The van der Waals surface area contributed by atoms with E-state index >= 15 is 0 Å². The van der Waals surface area contributed by atoms with Gasteiger partial charge in [-0.1, -0.05) is 19.3 Å². The topological polar surface area (TPSA) is 56.2 Å². The zero-order valence-electron chi connectivity index (χ0n) is 10.9. The van der Waals surface area contributed by atoms with E-state index in [0.717, 1.165) is 19.4 Å².